The molecule has 0 bridgehead atoms. The van der Waals surface area contributed by atoms with Gasteiger partial charge in [0.15, 0.2) is 0 Å². The third-order valence-electron chi connectivity index (χ3n) is 3.58. The number of aryl methyl sites for hydroxylation is 2. The van der Waals surface area contributed by atoms with Crippen LogP contribution in [-0.2, 0) is 16.2 Å². The van der Waals surface area contributed by atoms with Gasteiger partial charge in [0, 0.05) is 5.56 Å². The Balaban J connectivity index is 0.000000284. The summed E-state index contributed by atoms with van der Waals surface area (Å²) in [7, 11) is -3.52. The van der Waals surface area contributed by atoms with Gasteiger partial charge in [0.05, 0.1) is 10.6 Å². The van der Waals surface area contributed by atoms with E-state index in [2.05, 4.69) is 5.10 Å². The van der Waals surface area contributed by atoms with E-state index in [0.717, 1.165) is 17.2 Å². The third-order valence-corrected chi connectivity index (χ3v) is 4.51. The Hall–Kier alpha value is -2.65. The number of nitrogens with one attached hydrogen (secondary N) is 1. The van der Waals surface area contributed by atoms with Crippen molar-refractivity contribution in [3.8, 4) is 11.3 Å². The molecule has 0 spiro atoms. The van der Waals surface area contributed by atoms with Crippen molar-refractivity contribution in [3.63, 3.8) is 0 Å². The average molecular weight is 427 g/mol. The van der Waals surface area contributed by atoms with Crippen LogP contribution in [0.25, 0.3) is 11.3 Å². The molecule has 29 heavy (non-hydrogen) atoms. The molecule has 0 fully saturated rings. The van der Waals surface area contributed by atoms with Crippen LogP contribution in [0, 0.1) is 13.8 Å². The monoisotopic (exact) mass is 427 g/mol. The Kier molecular flexibility index (Phi) is 8.59. The van der Waals surface area contributed by atoms with Crippen LogP contribution in [0.2, 0.25) is 0 Å². The Morgan fingerprint density at radius 3 is 1.72 bits per heavy atom. The van der Waals surface area contributed by atoms with Crippen LogP contribution in [0.15, 0.2) is 59.5 Å². The molecule has 158 valence electrons. The van der Waals surface area contributed by atoms with E-state index in [0.29, 0.717) is 11.3 Å². The molecule has 0 radical (unpaired) electrons. The van der Waals surface area contributed by atoms with Crippen LogP contribution in [0.1, 0.15) is 30.7 Å². The first-order valence-electron chi connectivity index (χ1n) is 8.76. The first-order chi connectivity index (χ1) is 13.5. The van der Waals surface area contributed by atoms with E-state index in [-0.39, 0.29) is 4.90 Å². The third kappa shape index (κ3) is 7.71. The molecule has 0 aliphatic heterocycles. The van der Waals surface area contributed by atoms with Gasteiger partial charge in [-0.15, -0.1) is 0 Å². The number of hydrogen-bond acceptors (Lipinski definition) is 3. The summed E-state index contributed by atoms with van der Waals surface area (Å²) >= 11 is 0. The second kappa shape index (κ2) is 10.2. The minimum Gasteiger partial charge on any atom is -0.273 e. The molecule has 3 rings (SSSR count). The summed E-state index contributed by atoms with van der Waals surface area (Å²) in [6, 6.07) is 14.5. The normalized spacial score (nSPS) is 11.0. The van der Waals surface area contributed by atoms with Gasteiger partial charge < -0.3 is 0 Å². The van der Waals surface area contributed by atoms with Crippen LogP contribution in [0.3, 0.4) is 0 Å². The highest BCUT2D eigenvalue weighted by molar-refractivity contribution is 7.89. The highest BCUT2D eigenvalue weighted by atomic mass is 32.2. The number of H-pyrrole nitrogens is 1. The Morgan fingerprint density at radius 1 is 0.897 bits per heavy atom. The Morgan fingerprint density at radius 2 is 1.34 bits per heavy atom. The van der Waals surface area contributed by atoms with E-state index in [1.807, 2.05) is 44.9 Å². The topological polar surface area (TPSA) is 88.8 Å². The SMILES string of the molecule is CC.Cc1ccc(-c2cc(C(F)(F)F)[nH]n2)cc1.Cc1ccc(S(N)(=O)=O)cc1. The lowest BCUT2D eigenvalue weighted by Crippen LogP contribution is -2.11. The molecule has 0 aliphatic carbocycles. The molecule has 9 heteroatoms. The zero-order valence-electron chi connectivity index (χ0n) is 16.6. The summed E-state index contributed by atoms with van der Waals surface area (Å²) in [4.78, 5) is 0.156. The molecule has 2 aromatic carbocycles. The van der Waals surface area contributed by atoms with Gasteiger partial charge >= 0.3 is 6.18 Å². The van der Waals surface area contributed by atoms with E-state index in [1.54, 1.807) is 24.3 Å². The van der Waals surface area contributed by atoms with Gasteiger partial charge in [-0.2, -0.15) is 18.3 Å². The minimum absolute atomic E-state index is 0.156. The van der Waals surface area contributed by atoms with Crippen LogP contribution in [-0.4, -0.2) is 18.6 Å². The second-order valence-corrected chi connectivity index (χ2v) is 7.45. The van der Waals surface area contributed by atoms with Crippen molar-refractivity contribution in [1.29, 1.82) is 0 Å². The molecular weight excluding hydrogens is 403 g/mol. The summed E-state index contributed by atoms with van der Waals surface area (Å²) in [5, 5.41) is 10.5. The van der Waals surface area contributed by atoms with Gasteiger partial charge in [-0.25, -0.2) is 13.6 Å². The van der Waals surface area contributed by atoms with Crippen molar-refractivity contribution in [2.45, 2.75) is 38.8 Å². The number of rotatable bonds is 2. The summed E-state index contributed by atoms with van der Waals surface area (Å²) in [5.41, 5.74) is 2.19. The van der Waals surface area contributed by atoms with Crippen LogP contribution < -0.4 is 5.14 Å². The fourth-order valence-electron chi connectivity index (χ4n) is 2.07. The van der Waals surface area contributed by atoms with E-state index in [9.17, 15) is 21.6 Å². The minimum atomic E-state index is -4.38. The second-order valence-electron chi connectivity index (χ2n) is 5.89. The predicted molar refractivity (Wildman–Crippen MR) is 108 cm³/mol. The molecule has 0 saturated carbocycles. The number of hydrogen-bond donors (Lipinski definition) is 2. The molecule has 3 N–H and O–H groups in total. The molecule has 5 nitrogen and oxygen atoms in total. The number of sulfonamides is 1. The summed E-state index contributed by atoms with van der Waals surface area (Å²) < 4.78 is 58.4. The molecule has 0 atom stereocenters. The van der Waals surface area contributed by atoms with Crippen molar-refractivity contribution in [2.75, 3.05) is 0 Å². The standard InChI is InChI=1S/C11H9F3N2.C7H9NO2S.C2H6/c1-7-2-4-8(5-3-7)9-6-10(16-15-9)11(12,13)14;1-6-2-4-7(5-3-6)11(8,9)10;1-2/h2-6H,1H3,(H,15,16);2-5H,1H3,(H2,8,9,10);1-2H3. The van der Waals surface area contributed by atoms with Gasteiger partial charge in [0.25, 0.3) is 0 Å². The van der Waals surface area contributed by atoms with Crippen LogP contribution in [0.5, 0.6) is 0 Å². The molecular formula is C20H24F3N3O2S. The number of primary sulfonamides is 1. The summed E-state index contributed by atoms with van der Waals surface area (Å²) in [6.07, 6.45) is -4.38. The smallest absolute Gasteiger partial charge is 0.273 e. The largest absolute Gasteiger partial charge is 0.432 e. The molecule has 0 aliphatic rings. The predicted octanol–water partition coefficient (Wildman–Crippen LogP) is 5.07. The fraction of sp³-hybridized carbons (Fsp3) is 0.250. The van der Waals surface area contributed by atoms with Gasteiger partial charge in [-0.1, -0.05) is 61.4 Å². The number of benzene rings is 2. The quantitative estimate of drug-likeness (QED) is 0.598. The van der Waals surface area contributed by atoms with E-state index < -0.39 is 21.9 Å². The highest BCUT2D eigenvalue weighted by Crippen LogP contribution is 2.30. The zero-order valence-corrected chi connectivity index (χ0v) is 17.4. The molecule has 1 aromatic heterocycles. The number of nitrogens with two attached hydrogens (primary N) is 1. The maximum absolute atomic E-state index is 12.3. The molecule has 0 saturated heterocycles. The lowest BCUT2D eigenvalue weighted by molar-refractivity contribution is -0.141. The van der Waals surface area contributed by atoms with E-state index >= 15 is 0 Å². The van der Waals surface area contributed by atoms with Crippen molar-refractivity contribution < 1.29 is 21.6 Å². The summed E-state index contributed by atoms with van der Waals surface area (Å²) in [5.74, 6) is 0. The summed E-state index contributed by atoms with van der Waals surface area (Å²) in [6.45, 7) is 7.79. The van der Waals surface area contributed by atoms with Gasteiger partial charge in [0.1, 0.15) is 5.69 Å². The zero-order chi connectivity index (χ0) is 22.2. The van der Waals surface area contributed by atoms with Gasteiger partial charge in [-0.05, 0) is 32.0 Å². The van der Waals surface area contributed by atoms with E-state index in [4.69, 9.17) is 5.14 Å². The lowest BCUT2D eigenvalue weighted by atomic mass is 10.1. The van der Waals surface area contributed by atoms with Crippen LogP contribution >= 0.6 is 0 Å². The number of aromatic amines is 1. The average Bonchev–Trinajstić information content (AvgIpc) is 3.15. The number of alkyl halides is 3. The Bertz CT molecular complexity index is 995. The first kappa shape index (κ1) is 24.4. The van der Waals surface area contributed by atoms with Crippen molar-refractivity contribution in [2.24, 2.45) is 5.14 Å². The van der Waals surface area contributed by atoms with E-state index in [1.165, 1.54) is 12.1 Å². The van der Waals surface area contributed by atoms with Crippen molar-refractivity contribution in [1.82, 2.24) is 10.2 Å². The molecule has 1 heterocycles. The number of halogens is 3. The van der Waals surface area contributed by atoms with Crippen LogP contribution in [0.4, 0.5) is 13.2 Å². The lowest BCUT2D eigenvalue weighted by Gasteiger charge is -2.00. The highest BCUT2D eigenvalue weighted by Gasteiger charge is 2.33. The van der Waals surface area contributed by atoms with Gasteiger partial charge in [0.2, 0.25) is 10.0 Å². The maximum Gasteiger partial charge on any atom is 0.432 e. The van der Waals surface area contributed by atoms with Crippen molar-refractivity contribution in [3.05, 3.63) is 71.4 Å². The molecule has 0 unspecified atom stereocenters. The Labute approximate surface area is 168 Å². The maximum atomic E-state index is 12.3. The molecule has 0 amide bonds. The first-order valence-corrected chi connectivity index (χ1v) is 10.3. The number of aromatic nitrogens is 2. The van der Waals surface area contributed by atoms with Crippen molar-refractivity contribution >= 4 is 10.0 Å². The van der Waals surface area contributed by atoms with Gasteiger partial charge in [-0.3, -0.25) is 5.10 Å². The number of nitrogens with zero attached hydrogens (tertiary/aromatic N) is 1. The fourth-order valence-corrected chi connectivity index (χ4v) is 2.58. The molecule has 3 aromatic rings.